The standard InChI is InChI=1S/C11H16N2O/c1-10-11(5-8-14-10)9-13(2)7-4-3-6-12/h5,8H,3-4,7,9H2,1-2H3. The summed E-state index contributed by atoms with van der Waals surface area (Å²) in [4.78, 5) is 2.20. The first-order valence-corrected chi connectivity index (χ1v) is 4.82. The van der Waals surface area contributed by atoms with Crippen molar-refractivity contribution in [1.82, 2.24) is 4.90 Å². The Hall–Kier alpha value is -1.27. The average molecular weight is 192 g/mol. The Labute approximate surface area is 84.9 Å². The molecule has 0 amide bonds. The molecule has 1 rings (SSSR count). The van der Waals surface area contributed by atoms with E-state index in [1.807, 2.05) is 13.0 Å². The number of unbranched alkanes of at least 4 members (excludes halogenated alkanes) is 1. The lowest BCUT2D eigenvalue weighted by atomic mass is 10.2. The normalized spacial score (nSPS) is 10.4. The molecule has 0 aliphatic rings. The molecule has 0 aliphatic heterocycles. The molecule has 14 heavy (non-hydrogen) atoms. The molecule has 3 nitrogen and oxygen atoms in total. The Morgan fingerprint density at radius 3 is 2.93 bits per heavy atom. The second kappa shape index (κ2) is 5.46. The number of aryl methyl sites for hydroxylation is 1. The molecular weight excluding hydrogens is 176 g/mol. The summed E-state index contributed by atoms with van der Waals surface area (Å²) >= 11 is 0. The number of hydrogen-bond donors (Lipinski definition) is 0. The largest absolute Gasteiger partial charge is 0.469 e. The van der Waals surface area contributed by atoms with E-state index in [0.29, 0.717) is 6.42 Å². The predicted octanol–water partition coefficient (Wildman–Crippen LogP) is 2.32. The minimum atomic E-state index is 0.634. The third-order valence-electron chi connectivity index (χ3n) is 2.23. The van der Waals surface area contributed by atoms with E-state index in [2.05, 4.69) is 18.0 Å². The molecule has 0 aliphatic carbocycles. The van der Waals surface area contributed by atoms with Crippen molar-refractivity contribution in [3.8, 4) is 6.07 Å². The summed E-state index contributed by atoms with van der Waals surface area (Å²) in [6, 6.07) is 4.14. The second-order valence-corrected chi connectivity index (χ2v) is 3.50. The maximum absolute atomic E-state index is 8.40. The Kier molecular flexibility index (Phi) is 4.21. The van der Waals surface area contributed by atoms with Crippen LogP contribution in [-0.4, -0.2) is 18.5 Å². The van der Waals surface area contributed by atoms with Crippen molar-refractivity contribution in [3.05, 3.63) is 23.7 Å². The third kappa shape index (κ3) is 3.23. The minimum Gasteiger partial charge on any atom is -0.469 e. The van der Waals surface area contributed by atoms with Gasteiger partial charge in [0.15, 0.2) is 0 Å². The van der Waals surface area contributed by atoms with Crippen molar-refractivity contribution < 1.29 is 4.42 Å². The van der Waals surface area contributed by atoms with Crippen LogP contribution in [0.4, 0.5) is 0 Å². The first-order chi connectivity index (χ1) is 6.74. The molecule has 3 heteroatoms. The summed E-state index contributed by atoms with van der Waals surface area (Å²) in [7, 11) is 2.06. The van der Waals surface area contributed by atoms with Gasteiger partial charge in [0.05, 0.1) is 12.3 Å². The van der Waals surface area contributed by atoms with Crippen LogP contribution >= 0.6 is 0 Å². The van der Waals surface area contributed by atoms with Crippen LogP contribution in [0.15, 0.2) is 16.7 Å². The lowest BCUT2D eigenvalue weighted by Crippen LogP contribution is -2.19. The number of rotatable bonds is 5. The summed E-state index contributed by atoms with van der Waals surface area (Å²) in [5, 5.41) is 8.40. The van der Waals surface area contributed by atoms with Crippen LogP contribution in [0.5, 0.6) is 0 Å². The number of furan rings is 1. The van der Waals surface area contributed by atoms with Gasteiger partial charge >= 0.3 is 0 Å². The highest BCUT2D eigenvalue weighted by Gasteiger charge is 2.04. The lowest BCUT2D eigenvalue weighted by Gasteiger charge is -2.14. The first-order valence-electron chi connectivity index (χ1n) is 4.82. The monoisotopic (exact) mass is 192 g/mol. The van der Waals surface area contributed by atoms with E-state index in [1.165, 1.54) is 5.56 Å². The summed E-state index contributed by atoms with van der Waals surface area (Å²) < 4.78 is 5.21. The summed E-state index contributed by atoms with van der Waals surface area (Å²) in [6.45, 7) is 3.82. The number of hydrogen-bond acceptors (Lipinski definition) is 3. The van der Waals surface area contributed by atoms with Crippen LogP contribution in [0.25, 0.3) is 0 Å². The van der Waals surface area contributed by atoms with E-state index in [0.717, 1.165) is 25.3 Å². The molecular formula is C11H16N2O. The number of nitriles is 1. The lowest BCUT2D eigenvalue weighted by molar-refractivity contribution is 0.321. The fourth-order valence-electron chi connectivity index (χ4n) is 1.37. The highest BCUT2D eigenvalue weighted by molar-refractivity contribution is 5.14. The van der Waals surface area contributed by atoms with Gasteiger partial charge in [-0.05, 0) is 33.0 Å². The van der Waals surface area contributed by atoms with Crippen molar-refractivity contribution in [3.63, 3.8) is 0 Å². The molecule has 1 aromatic rings. The molecule has 0 saturated heterocycles. The topological polar surface area (TPSA) is 40.2 Å². The molecule has 1 aromatic heterocycles. The Morgan fingerprint density at radius 2 is 2.36 bits per heavy atom. The molecule has 0 unspecified atom stereocenters. The van der Waals surface area contributed by atoms with Gasteiger partial charge in [0.25, 0.3) is 0 Å². The molecule has 0 saturated carbocycles. The van der Waals surface area contributed by atoms with Crippen molar-refractivity contribution >= 4 is 0 Å². The summed E-state index contributed by atoms with van der Waals surface area (Å²) in [5.41, 5.74) is 1.23. The highest BCUT2D eigenvalue weighted by atomic mass is 16.3. The van der Waals surface area contributed by atoms with Gasteiger partial charge in [-0.1, -0.05) is 0 Å². The smallest absolute Gasteiger partial charge is 0.105 e. The van der Waals surface area contributed by atoms with Gasteiger partial charge in [0, 0.05) is 18.5 Å². The zero-order valence-corrected chi connectivity index (χ0v) is 8.79. The molecule has 76 valence electrons. The molecule has 0 spiro atoms. The molecule has 0 bridgehead atoms. The SMILES string of the molecule is Cc1occc1CN(C)CCCC#N. The van der Waals surface area contributed by atoms with Gasteiger partial charge in [-0.3, -0.25) is 0 Å². The van der Waals surface area contributed by atoms with Crippen LogP contribution in [0.1, 0.15) is 24.2 Å². The van der Waals surface area contributed by atoms with Crippen molar-refractivity contribution in [2.24, 2.45) is 0 Å². The third-order valence-corrected chi connectivity index (χ3v) is 2.23. The molecule has 0 radical (unpaired) electrons. The Balaban J connectivity index is 2.31. The van der Waals surface area contributed by atoms with Crippen molar-refractivity contribution in [2.45, 2.75) is 26.3 Å². The summed E-state index contributed by atoms with van der Waals surface area (Å²) in [5.74, 6) is 0.983. The van der Waals surface area contributed by atoms with Gasteiger partial charge in [0.2, 0.25) is 0 Å². The highest BCUT2D eigenvalue weighted by Crippen LogP contribution is 2.11. The van der Waals surface area contributed by atoms with E-state index < -0.39 is 0 Å². The van der Waals surface area contributed by atoms with E-state index in [-0.39, 0.29) is 0 Å². The van der Waals surface area contributed by atoms with E-state index >= 15 is 0 Å². The van der Waals surface area contributed by atoms with Crippen LogP contribution in [0.2, 0.25) is 0 Å². The molecule has 0 aromatic carbocycles. The van der Waals surface area contributed by atoms with Crippen LogP contribution in [0.3, 0.4) is 0 Å². The van der Waals surface area contributed by atoms with Gasteiger partial charge in [-0.15, -0.1) is 0 Å². The Bertz CT molecular complexity index is 311. The van der Waals surface area contributed by atoms with E-state index in [9.17, 15) is 0 Å². The van der Waals surface area contributed by atoms with Crippen LogP contribution < -0.4 is 0 Å². The van der Waals surface area contributed by atoms with Gasteiger partial charge in [0.1, 0.15) is 5.76 Å². The van der Waals surface area contributed by atoms with Crippen molar-refractivity contribution in [2.75, 3.05) is 13.6 Å². The van der Waals surface area contributed by atoms with Crippen LogP contribution in [0, 0.1) is 18.3 Å². The fraction of sp³-hybridized carbons (Fsp3) is 0.545. The Morgan fingerprint density at radius 1 is 1.57 bits per heavy atom. The number of nitrogens with zero attached hydrogens (tertiary/aromatic N) is 2. The van der Waals surface area contributed by atoms with E-state index in [1.54, 1.807) is 6.26 Å². The molecule has 0 fully saturated rings. The molecule has 1 heterocycles. The maximum Gasteiger partial charge on any atom is 0.105 e. The fourth-order valence-corrected chi connectivity index (χ4v) is 1.37. The van der Waals surface area contributed by atoms with Gasteiger partial charge in [-0.2, -0.15) is 5.26 Å². The predicted molar refractivity (Wildman–Crippen MR) is 54.6 cm³/mol. The second-order valence-electron chi connectivity index (χ2n) is 3.50. The zero-order chi connectivity index (χ0) is 10.4. The zero-order valence-electron chi connectivity index (χ0n) is 8.79. The summed E-state index contributed by atoms with van der Waals surface area (Å²) in [6.07, 6.45) is 3.28. The van der Waals surface area contributed by atoms with Crippen LogP contribution in [-0.2, 0) is 6.54 Å². The minimum absolute atomic E-state index is 0.634. The van der Waals surface area contributed by atoms with Gasteiger partial charge in [-0.25, -0.2) is 0 Å². The first kappa shape index (κ1) is 10.8. The van der Waals surface area contributed by atoms with Crippen molar-refractivity contribution in [1.29, 1.82) is 5.26 Å². The molecule has 0 atom stereocenters. The van der Waals surface area contributed by atoms with E-state index in [4.69, 9.17) is 9.68 Å². The average Bonchev–Trinajstić information content (AvgIpc) is 2.52. The quantitative estimate of drug-likeness (QED) is 0.672. The van der Waals surface area contributed by atoms with Gasteiger partial charge < -0.3 is 9.32 Å². The maximum atomic E-state index is 8.40. The molecule has 0 N–H and O–H groups in total.